The summed E-state index contributed by atoms with van der Waals surface area (Å²) in [6.45, 7) is 1.19. The third-order valence-corrected chi connectivity index (χ3v) is 3.69. The summed E-state index contributed by atoms with van der Waals surface area (Å²) >= 11 is 3.47. The lowest BCUT2D eigenvalue weighted by atomic mass is 9.86. The quantitative estimate of drug-likeness (QED) is 0.908. The molecule has 1 N–H and O–H groups in total. The summed E-state index contributed by atoms with van der Waals surface area (Å²) in [6.07, 6.45) is 1.25. The van der Waals surface area contributed by atoms with Crippen molar-refractivity contribution >= 4 is 15.9 Å². The number of aliphatic hydroxyl groups is 1. The maximum absolute atomic E-state index is 10.6. The lowest BCUT2D eigenvalue weighted by Gasteiger charge is -2.33. The van der Waals surface area contributed by atoms with Gasteiger partial charge >= 0.3 is 0 Å². The van der Waals surface area contributed by atoms with E-state index in [1.54, 1.807) is 7.11 Å². The molecule has 1 heterocycles. The third kappa shape index (κ3) is 2.24. The highest BCUT2D eigenvalue weighted by Crippen LogP contribution is 2.38. The molecule has 0 atom stereocenters. The van der Waals surface area contributed by atoms with E-state index in [2.05, 4.69) is 15.9 Å². The van der Waals surface area contributed by atoms with Gasteiger partial charge in [0.25, 0.3) is 0 Å². The van der Waals surface area contributed by atoms with Crippen molar-refractivity contribution in [3.63, 3.8) is 0 Å². The van der Waals surface area contributed by atoms with Gasteiger partial charge in [-0.05, 0) is 18.2 Å². The Balaban J connectivity index is 2.37. The van der Waals surface area contributed by atoms with Gasteiger partial charge in [-0.25, -0.2) is 0 Å². The van der Waals surface area contributed by atoms with Crippen LogP contribution in [0.15, 0.2) is 22.7 Å². The number of rotatable bonds is 2. The Hall–Kier alpha value is -0.580. The third-order valence-electron chi connectivity index (χ3n) is 2.99. The minimum atomic E-state index is -0.800. The van der Waals surface area contributed by atoms with Crippen LogP contribution in [0.5, 0.6) is 5.75 Å². The van der Waals surface area contributed by atoms with Gasteiger partial charge < -0.3 is 14.6 Å². The molecule has 0 unspecified atom stereocenters. The van der Waals surface area contributed by atoms with Crippen molar-refractivity contribution in [1.29, 1.82) is 0 Å². The minimum Gasteiger partial charge on any atom is -0.497 e. The summed E-state index contributed by atoms with van der Waals surface area (Å²) < 4.78 is 11.4. The van der Waals surface area contributed by atoms with Crippen molar-refractivity contribution in [2.45, 2.75) is 18.4 Å². The molecule has 0 aromatic heterocycles. The first-order valence-electron chi connectivity index (χ1n) is 5.30. The SMILES string of the molecule is COc1ccc(Br)c(C2(O)CCOCC2)c1. The monoisotopic (exact) mass is 286 g/mol. The molecule has 2 rings (SSSR count). The summed E-state index contributed by atoms with van der Waals surface area (Å²) in [4.78, 5) is 0. The molecule has 4 heteroatoms. The summed E-state index contributed by atoms with van der Waals surface area (Å²) in [5.41, 5.74) is 0.0844. The minimum absolute atomic E-state index is 0.597. The number of ether oxygens (including phenoxy) is 2. The Labute approximate surface area is 104 Å². The molecule has 1 saturated heterocycles. The second-order valence-corrected chi connectivity index (χ2v) is 4.84. The summed E-state index contributed by atoms with van der Waals surface area (Å²) in [5.74, 6) is 0.762. The highest BCUT2D eigenvalue weighted by Gasteiger charge is 2.33. The fourth-order valence-corrected chi connectivity index (χ4v) is 2.58. The van der Waals surface area contributed by atoms with Crippen molar-refractivity contribution in [1.82, 2.24) is 0 Å². The van der Waals surface area contributed by atoms with Crippen molar-refractivity contribution in [3.05, 3.63) is 28.2 Å². The van der Waals surface area contributed by atoms with Crippen molar-refractivity contribution in [3.8, 4) is 5.75 Å². The van der Waals surface area contributed by atoms with E-state index in [1.165, 1.54) is 0 Å². The zero-order valence-electron chi connectivity index (χ0n) is 9.20. The predicted molar refractivity (Wildman–Crippen MR) is 64.6 cm³/mol. The Morgan fingerprint density at radius 2 is 2.06 bits per heavy atom. The van der Waals surface area contributed by atoms with Gasteiger partial charge in [-0.1, -0.05) is 15.9 Å². The molecule has 0 amide bonds. The van der Waals surface area contributed by atoms with Gasteiger partial charge in [0.2, 0.25) is 0 Å². The molecule has 0 saturated carbocycles. The highest BCUT2D eigenvalue weighted by molar-refractivity contribution is 9.10. The van der Waals surface area contributed by atoms with Gasteiger partial charge in [-0.3, -0.25) is 0 Å². The molecule has 1 fully saturated rings. The Kier molecular flexibility index (Phi) is 3.52. The van der Waals surface area contributed by atoms with Crippen LogP contribution in [0.3, 0.4) is 0 Å². The first kappa shape index (κ1) is 11.9. The second-order valence-electron chi connectivity index (χ2n) is 3.99. The molecule has 0 aliphatic carbocycles. The van der Waals surface area contributed by atoms with E-state index < -0.39 is 5.60 Å². The normalized spacial score (nSPS) is 19.4. The van der Waals surface area contributed by atoms with E-state index in [4.69, 9.17) is 9.47 Å². The standard InChI is InChI=1S/C12H15BrO3/c1-15-9-2-3-11(13)10(8-9)12(14)4-6-16-7-5-12/h2-3,8,14H,4-7H2,1H3. The van der Waals surface area contributed by atoms with Crippen LogP contribution >= 0.6 is 15.9 Å². The molecule has 3 nitrogen and oxygen atoms in total. The molecule has 1 aromatic carbocycles. The Morgan fingerprint density at radius 1 is 1.38 bits per heavy atom. The molecule has 16 heavy (non-hydrogen) atoms. The van der Waals surface area contributed by atoms with Crippen LogP contribution in [0.4, 0.5) is 0 Å². The van der Waals surface area contributed by atoms with Crippen molar-refractivity contribution < 1.29 is 14.6 Å². The number of methoxy groups -OCH3 is 1. The molecular weight excluding hydrogens is 272 g/mol. The zero-order valence-corrected chi connectivity index (χ0v) is 10.8. The van der Waals surface area contributed by atoms with Gasteiger partial charge in [0.1, 0.15) is 5.75 Å². The molecular formula is C12H15BrO3. The number of halogens is 1. The van der Waals surface area contributed by atoms with E-state index in [1.807, 2.05) is 18.2 Å². The topological polar surface area (TPSA) is 38.7 Å². The summed E-state index contributed by atoms with van der Waals surface area (Å²) in [7, 11) is 1.63. The van der Waals surface area contributed by atoms with Crippen molar-refractivity contribution in [2.75, 3.05) is 20.3 Å². The lowest BCUT2D eigenvalue weighted by molar-refractivity contribution is -0.0684. The fourth-order valence-electron chi connectivity index (χ4n) is 1.97. The second kappa shape index (κ2) is 4.73. The Morgan fingerprint density at radius 3 is 2.69 bits per heavy atom. The summed E-state index contributed by atoms with van der Waals surface area (Å²) in [6, 6.07) is 5.66. The fraction of sp³-hybridized carbons (Fsp3) is 0.500. The molecule has 1 aromatic rings. The van der Waals surface area contributed by atoms with E-state index in [0.29, 0.717) is 26.1 Å². The number of hydrogen-bond donors (Lipinski definition) is 1. The van der Waals surface area contributed by atoms with E-state index in [0.717, 1.165) is 15.8 Å². The van der Waals surface area contributed by atoms with Crippen LogP contribution in [0, 0.1) is 0 Å². The van der Waals surface area contributed by atoms with E-state index in [-0.39, 0.29) is 0 Å². The van der Waals surface area contributed by atoms with Gasteiger partial charge in [-0.2, -0.15) is 0 Å². The maximum atomic E-state index is 10.6. The Bertz CT molecular complexity index is 373. The van der Waals surface area contributed by atoms with Crippen LogP contribution < -0.4 is 4.74 Å². The van der Waals surface area contributed by atoms with Crippen molar-refractivity contribution in [2.24, 2.45) is 0 Å². The molecule has 88 valence electrons. The predicted octanol–water partition coefficient (Wildman–Crippen LogP) is 2.46. The van der Waals surface area contributed by atoms with Crippen LogP contribution in [0.1, 0.15) is 18.4 Å². The van der Waals surface area contributed by atoms with Gasteiger partial charge in [0, 0.05) is 36.1 Å². The maximum Gasteiger partial charge on any atom is 0.119 e. The first-order chi connectivity index (χ1) is 7.65. The number of benzene rings is 1. The van der Waals surface area contributed by atoms with E-state index in [9.17, 15) is 5.11 Å². The first-order valence-corrected chi connectivity index (χ1v) is 6.09. The van der Waals surface area contributed by atoms with Gasteiger partial charge in [-0.15, -0.1) is 0 Å². The molecule has 0 bridgehead atoms. The molecule has 0 radical (unpaired) electrons. The van der Waals surface area contributed by atoms with Crippen LogP contribution in [0.2, 0.25) is 0 Å². The van der Waals surface area contributed by atoms with Crippen LogP contribution in [-0.4, -0.2) is 25.4 Å². The highest BCUT2D eigenvalue weighted by atomic mass is 79.9. The largest absolute Gasteiger partial charge is 0.497 e. The summed E-state index contributed by atoms with van der Waals surface area (Å²) in [5, 5.41) is 10.6. The smallest absolute Gasteiger partial charge is 0.119 e. The lowest BCUT2D eigenvalue weighted by Crippen LogP contribution is -2.33. The van der Waals surface area contributed by atoms with Crippen LogP contribution in [0.25, 0.3) is 0 Å². The van der Waals surface area contributed by atoms with E-state index >= 15 is 0 Å². The molecule has 1 aliphatic rings. The van der Waals surface area contributed by atoms with Gasteiger partial charge in [0.15, 0.2) is 0 Å². The zero-order chi connectivity index (χ0) is 11.6. The average Bonchev–Trinajstić information content (AvgIpc) is 2.30. The average molecular weight is 287 g/mol. The van der Waals surface area contributed by atoms with Crippen LogP contribution in [-0.2, 0) is 10.3 Å². The molecule has 0 spiro atoms. The van der Waals surface area contributed by atoms with Gasteiger partial charge in [0.05, 0.1) is 12.7 Å². The molecule has 1 aliphatic heterocycles. The number of hydrogen-bond acceptors (Lipinski definition) is 3.